The number of hydrogen-bond acceptors (Lipinski definition) is 10. The Morgan fingerprint density at radius 2 is 2.06 bits per heavy atom. The van der Waals surface area contributed by atoms with Gasteiger partial charge < -0.3 is 24.4 Å². The number of anilines is 1. The van der Waals surface area contributed by atoms with Crippen LogP contribution in [0.1, 0.15) is 42.0 Å². The first-order valence-corrected chi connectivity index (χ1v) is 12.4. The highest BCUT2D eigenvalue weighted by molar-refractivity contribution is 5.91. The fourth-order valence-corrected chi connectivity index (χ4v) is 5.30. The van der Waals surface area contributed by atoms with Crippen molar-refractivity contribution < 1.29 is 19.0 Å². The van der Waals surface area contributed by atoms with Crippen molar-refractivity contribution in [3.05, 3.63) is 29.8 Å². The molecule has 0 bridgehead atoms. The van der Waals surface area contributed by atoms with Gasteiger partial charge in [-0.3, -0.25) is 9.89 Å². The number of carbonyl (C=O) groups excluding carboxylic acids is 1. The first kappa shape index (κ1) is 23.0. The molecule has 0 radical (unpaired) electrons. The molecule has 4 atom stereocenters. The molecule has 0 spiro atoms. The quantitative estimate of drug-likeness (QED) is 0.471. The number of pyridine rings is 1. The number of hydrogen-bond donors (Lipinski definition) is 2. The number of H-pyrrole nitrogens is 1. The van der Waals surface area contributed by atoms with Gasteiger partial charge in [-0.2, -0.15) is 20.1 Å². The summed E-state index contributed by atoms with van der Waals surface area (Å²) in [5, 5.41) is 11.7. The van der Waals surface area contributed by atoms with E-state index < -0.39 is 0 Å². The lowest BCUT2D eigenvalue weighted by Gasteiger charge is -2.31. The maximum Gasteiger partial charge on any atom is 0.322 e. The predicted molar refractivity (Wildman–Crippen MR) is 129 cm³/mol. The molecule has 1 saturated carbocycles. The van der Waals surface area contributed by atoms with E-state index in [9.17, 15) is 4.79 Å². The zero-order valence-corrected chi connectivity index (χ0v) is 20.4. The molecule has 1 amide bonds. The number of nitrogens with zero attached hydrogens (tertiary/aromatic N) is 6. The molecule has 12 heteroatoms. The Kier molecular flexibility index (Phi) is 6.13. The average Bonchev–Trinajstić information content (AvgIpc) is 3.23. The fraction of sp³-hybridized carbons (Fsp3) is 0.583. The second-order valence-corrected chi connectivity index (χ2v) is 9.76. The summed E-state index contributed by atoms with van der Waals surface area (Å²) in [6.45, 7) is 5.08. The summed E-state index contributed by atoms with van der Waals surface area (Å²) in [5.41, 5.74) is 1.85. The van der Waals surface area contributed by atoms with Crippen molar-refractivity contribution in [3.8, 4) is 6.01 Å². The molecule has 3 aromatic heterocycles. The molecule has 12 nitrogen and oxygen atoms in total. The largest absolute Gasteiger partial charge is 0.458 e. The molecule has 3 aliphatic rings. The number of nitrogens with one attached hydrogen (secondary N) is 2. The van der Waals surface area contributed by atoms with E-state index in [1.165, 1.54) is 0 Å². The van der Waals surface area contributed by atoms with Crippen molar-refractivity contribution in [3.63, 3.8) is 0 Å². The van der Waals surface area contributed by atoms with Gasteiger partial charge in [-0.05, 0) is 31.9 Å². The Morgan fingerprint density at radius 3 is 2.83 bits per heavy atom. The molecule has 2 saturated heterocycles. The molecule has 0 aromatic carbocycles. The Morgan fingerprint density at radius 1 is 1.25 bits per heavy atom. The van der Waals surface area contributed by atoms with Gasteiger partial charge in [0.2, 0.25) is 11.8 Å². The van der Waals surface area contributed by atoms with Crippen LogP contribution in [-0.4, -0.2) is 88.2 Å². The average molecular weight is 495 g/mol. The predicted octanol–water partition coefficient (Wildman–Crippen LogP) is 1.32. The molecule has 36 heavy (non-hydrogen) atoms. The highest BCUT2D eigenvalue weighted by atomic mass is 16.5. The van der Waals surface area contributed by atoms with Gasteiger partial charge in [0.1, 0.15) is 6.10 Å². The molecule has 2 aliphatic heterocycles. The van der Waals surface area contributed by atoms with Gasteiger partial charge in [0, 0.05) is 55.6 Å². The van der Waals surface area contributed by atoms with Gasteiger partial charge in [-0.1, -0.05) is 0 Å². The van der Waals surface area contributed by atoms with Crippen LogP contribution in [0.3, 0.4) is 0 Å². The normalized spacial score (nSPS) is 24.5. The topological polar surface area (TPSA) is 140 Å². The minimum absolute atomic E-state index is 0.0667. The second-order valence-electron chi connectivity index (χ2n) is 9.76. The standard InChI is InChI=1S/C24H30N8O4/c1-13(10-34-2)36-24-28-21(22(33)26-19-16-11-35-12-17(16)19)27-23(29-24)32-8-5-14(6-9-32)18-15-4-3-7-25-20(15)31-30-18/h3-4,7,13-14,16-17,19H,5-6,8-12H2,1-2H3,(H,26,33)(H,25,30,31)/t13-,16-,17+,19?/m1/s1. The monoisotopic (exact) mass is 494 g/mol. The number of fused-ring (bicyclic) bond motifs is 2. The molecule has 190 valence electrons. The van der Waals surface area contributed by atoms with Crippen molar-refractivity contribution in [2.24, 2.45) is 11.8 Å². The highest BCUT2D eigenvalue weighted by Crippen LogP contribution is 2.44. The van der Waals surface area contributed by atoms with Crippen molar-refractivity contribution >= 4 is 22.9 Å². The number of piperidine rings is 1. The zero-order valence-electron chi connectivity index (χ0n) is 20.4. The molecule has 3 aromatic rings. The lowest BCUT2D eigenvalue weighted by Crippen LogP contribution is -2.36. The van der Waals surface area contributed by atoms with Crippen LogP contribution in [0.4, 0.5) is 5.95 Å². The lowest BCUT2D eigenvalue weighted by molar-refractivity contribution is 0.0835. The van der Waals surface area contributed by atoms with Crippen molar-refractivity contribution in [2.75, 3.05) is 44.9 Å². The van der Waals surface area contributed by atoms with Crippen LogP contribution in [-0.2, 0) is 9.47 Å². The minimum atomic E-state index is -0.312. The van der Waals surface area contributed by atoms with Crippen LogP contribution in [0.15, 0.2) is 18.3 Å². The first-order chi connectivity index (χ1) is 17.6. The van der Waals surface area contributed by atoms with Gasteiger partial charge in [0.15, 0.2) is 5.65 Å². The van der Waals surface area contributed by atoms with Crippen LogP contribution in [0, 0.1) is 11.8 Å². The Bertz CT molecular complexity index is 1230. The number of ether oxygens (including phenoxy) is 3. The molecular formula is C24H30N8O4. The Hall–Kier alpha value is -3.38. The summed E-state index contributed by atoms with van der Waals surface area (Å²) in [5.74, 6) is 1.28. The lowest BCUT2D eigenvalue weighted by atomic mass is 9.92. The van der Waals surface area contributed by atoms with Crippen LogP contribution in [0.25, 0.3) is 11.0 Å². The number of aromatic nitrogens is 6. The molecule has 1 aliphatic carbocycles. The zero-order chi connectivity index (χ0) is 24.6. The summed E-state index contributed by atoms with van der Waals surface area (Å²) in [7, 11) is 1.61. The van der Waals surface area contributed by atoms with E-state index in [2.05, 4.69) is 46.4 Å². The maximum atomic E-state index is 13.0. The van der Waals surface area contributed by atoms with Gasteiger partial charge >= 0.3 is 6.01 Å². The van der Waals surface area contributed by atoms with Gasteiger partial charge in [-0.15, -0.1) is 0 Å². The number of rotatable bonds is 8. The fourth-order valence-electron chi connectivity index (χ4n) is 5.30. The maximum absolute atomic E-state index is 13.0. The van der Waals surface area contributed by atoms with E-state index in [4.69, 9.17) is 14.2 Å². The van der Waals surface area contributed by atoms with E-state index in [0.29, 0.717) is 43.5 Å². The highest BCUT2D eigenvalue weighted by Gasteiger charge is 2.55. The van der Waals surface area contributed by atoms with Crippen LogP contribution >= 0.6 is 0 Å². The molecule has 1 unspecified atom stereocenters. The van der Waals surface area contributed by atoms with E-state index >= 15 is 0 Å². The number of methoxy groups -OCH3 is 1. The molecule has 5 heterocycles. The summed E-state index contributed by atoms with van der Waals surface area (Å²) >= 11 is 0. The van der Waals surface area contributed by atoms with Crippen molar-refractivity contribution in [1.82, 2.24) is 35.5 Å². The molecule has 6 rings (SSSR count). The van der Waals surface area contributed by atoms with E-state index in [-0.39, 0.29) is 29.9 Å². The minimum Gasteiger partial charge on any atom is -0.458 e. The van der Waals surface area contributed by atoms with E-state index in [0.717, 1.165) is 42.7 Å². The smallest absolute Gasteiger partial charge is 0.322 e. The van der Waals surface area contributed by atoms with E-state index in [1.807, 2.05) is 13.0 Å². The van der Waals surface area contributed by atoms with Gasteiger partial charge in [0.05, 0.1) is 25.5 Å². The number of amides is 1. The second kappa shape index (κ2) is 9.58. The van der Waals surface area contributed by atoms with Crippen LogP contribution in [0.5, 0.6) is 6.01 Å². The number of carbonyl (C=O) groups is 1. The van der Waals surface area contributed by atoms with E-state index in [1.54, 1.807) is 13.3 Å². The summed E-state index contributed by atoms with van der Waals surface area (Å²) in [6, 6.07) is 4.23. The molecular weight excluding hydrogens is 464 g/mol. The summed E-state index contributed by atoms with van der Waals surface area (Å²) in [4.78, 5) is 32.9. The van der Waals surface area contributed by atoms with Crippen molar-refractivity contribution in [2.45, 2.75) is 37.8 Å². The Labute approximate surface area is 208 Å². The van der Waals surface area contributed by atoms with Gasteiger partial charge in [-0.25, -0.2) is 4.98 Å². The third-order valence-electron chi connectivity index (χ3n) is 7.29. The third kappa shape index (κ3) is 4.46. The van der Waals surface area contributed by atoms with Crippen LogP contribution in [0.2, 0.25) is 0 Å². The number of aromatic amines is 1. The molecule has 3 fully saturated rings. The first-order valence-electron chi connectivity index (χ1n) is 12.4. The van der Waals surface area contributed by atoms with Gasteiger partial charge in [0.25, 0.3) is 5.91 Å². The SMILES string of the molecule is COC[C@@H](C)Oc1nc(C(=O)NC2[C@H]3COC[C@@H]23)nc(N2CCC(c3n[nH]c4ncccc34)CC2)n1. The van der Waals surface area contributed by atoms with Crippen molar-refractivity contribution in [1.29, 1.82) is 0 Å². The molecule has 2 N–H and O–H groups in total. The third-order valence-corrected chi connectivity index (χ3v) is 7.29. The summed E-state index contributed by atoms with van der Waals surface area (Å²) < 4.78 is 16.5. The van der Waals surface area contributed by atoms with Crippen LogP contribution < -0.4 is 15.0 Å². The summed E-state index contributed by atoms with van der Waals surface area (Å²) in [6.07, 6.45) is 3.25. The Balaban J connectivity index is 1.19.